The van der Waals surface area contributed by atoms with E-state index in [0.29, 0.717) is 0 Å². The first-order chi connectivity index (χ1) is 9.15. The molecule has 4 N–H and O–H groups in total. The number of aliphatic hydroxyl groups excluding tert-OH is 2. The molecule has 0 amide bonds. The molecule has 20 heavy (non-hydrogen) atoms. The van der Waals surface area contributed by atoms with Crippen molar-refractivity contribution < 1.29 is 28.5 Å². The Bertz CT molecular complexity index is 611. The predicted octanol–water partition coefficient (Wildman–Crippen LogP) is 0.169. The van der Waals surface area contributed by atoms with Gasteiger partial charge in [0.15, 0.2) is 0 Å². The average molecular weight is 368 g/mol. The van der Waals surface area contributed by atoms with Crippen molar-refractivity contribution in [2.75, 3.05) is 13.2 Å². The van der Waals surface area contributed by atoms with Crippen LogP contribution in [-0.2, 0) is 10.0 Å². The van der Waals surface area contributed by atoms with Crippen LogP contribution in [0, 0.1) is 0 Å². The van der Waals surface area contributed by atoms with Crippen LogP contribution in [0.3, 0.4) is 0 Å². The van der Waals surface area contributed by atoms with Gasteiger partial charge in [0, 0.05) is 4.47 Å². The van der Waals surface area contributed by atoms with Crippen LogP contribution in [0.2, 0.25) is 0 Å². The molecule has 0 atom stereocenters. The van der Waals surface area contributed by atoms with Crippen LogP contribution in [0.25, 0.3) is 0 Å². The minimum Gasteiger partial charge on any atom is -0.478 e. The van der Waals surface area contributed by atoms with Crippen LogP contribution in [-0.4, -0.2) is 48.5 Å². The molecule has 0 aliphatic heterocycles. The lowest BCUT2D eigenvalue weighted by molar-refractivity contribution is 0.0696. The number of carbonyl (C=O) groups is 1. The summed E-state index contributed by atoms with van der Waals surface area (Å²) < 4.78 is 26.7. The van der Waals surface area contributed by atoms with Gasteiger partial charge in [-0.15, -0.1) is 0 Å². The third kappa shape index (κ3) is 3.76. The fraction of sp³-hybridized carbons (Fsp3) is 0.364. The smallest absolute Gasteiger partial charge is 0.335 e. The van der Waals surface area contributed by atoms with Crippen LogP contribution >= 0.6 is 15.9 Å². The molecule has 0 fully saturated rings. The maximum atomic E-state index is 12.2. The summed E-state index contributed by atoms with van der Waals surface area (Å²) in [5.74, 6) is -1.26. The molecule has 0 radical (unpaired) electrons. The summed E-state index contributed by atoms with van der Waals surface area (Å²) in [6, 6.07) is 3.54. The van der Waals surface area contributed by atoms with Gasteiger partial charge >= 0.3 is 5.97 Å². The molecule has 1 aromatic carbocycles. The van der Waals surface area contributed by atoms with Crippen molar-refractivity contribution in [3.05, 3.63) is 28.2 Å². The Labute approximate surface area is 124 Å². The lowest BCUT2D eigenvalue weighted by Crippen LogP contribution is -2.51. The number of nitrogens with one attached hydrogen (secondary N) is 1. The van der Waals surface area contributed by atoms with Crippen molar-refractivity contribution in [2.24, 2.45) is 0 Å². The number of benzene rings is 1. The highest BCUT2D eigenvalue weighted by Crippen LogP contribution is 2.24. The number of aliphatic hydroxyl groups is 2. The third-order valence-electron chi connectivity index (χ3n) is 2.55. The second kappa shape index (κ2) is 6.19. The largest absolute Gasteiger partial charge is 0.478 e. The summed E-state index contributed by atoms with van der Waals surface area (Å²) >= 11 is 3.03. The molecular formula is C11H14BrNO6S. The highest BCUT2D eigenvalue weighted by Gasteiger charge is 2.31. The molecule has 0 heterocycles. The molecule has 1 aromatic rings. The number of carboxylic acid groups (broad SMARTS) is 1. The van der Waals surface area contributed by atoms with E-state index in [-0.39, 0.29) is 14.9 Å². The van der Waals surface area contributed by atoms with E-state index in [1.807, 2.05) is 0 Å². The van der Waals surface area contributed by atoms with Gasteiger partial charge < -0.3 is 15.3 Å². The first kappa shape index (κ1) is 17.1. The second-order valence-corrected chi connectivity index (χ2v) is 6.94. The molecule has 0 saturated heterocycles. The van der Waals surface area contributed by atoms with E-state index in [1.165, 1.54) is 19.1 Å². The quantitative estimate of drug-likeness (QED) is 0.568. The molecule has 7 nitrogen and oxygen atoms in total. The van der Waals surface area contributed by atoms with Gasteiger partial charge in [-0.25, -0.2) is 17.9 Å². The molecule has 0 aliphatic carbocycles. The summed E-state index contributed by atoms with van der Waals surface area (Å²) in [4.78, 5) is 10.6. The Balaban J connectivity index is 3.28. The normalized spacial score (nSPS) is 12.4. The summed E-state index contributed by atoms with van der Waals surface area (Å²) in [5, 5.41) is 27.1. The van der Waals surface area contributed by atoms with Gasteiger partial charge in [-0.1, -0.05) is 0 Å². The van der Waals surface area contributed by atoms with Gasteiger partial charge in [-0.05, 0) is 41.1 Å². The van der Waals surface area contributed by atoms with Crippen LogP contribution in [0.1, 0.15) is 17.3 Å². The van der Waals surface area contributed by atoms with Gasteiger partial charge in [0.2, 0.25) is 10.0 Å². The highest BCUT2D eigenvalue weighted by atomic mass is 79.9. The van der Waals surface area contributed by atoms with E-state index in [0.717, 1.165) is 6.07 Å². The molecule has 0 saturated carbocycles. The van der Waals surface area contributed by atoms with Crippen molar-refractivity contribution in [3.63, 3.8) is 0 Å². The number of sulfonamides is 1. The number of halogens is 1. The first-order valence-electron chi connectivity index (χ1n) is 5.44. The van der Waals surface area contributed by atoms with E-state index in [1.54, 1.807) is 0 Å². The molecule has 0 aliphatic rings. The molecular weight excluding hydrogens is 354 g/mol. The molecule has 0 spiro atoms. The fourth-order valence-electron chi connectivity index (χ4n) is 1.34. The monoisotopic (exact) mass is 367 g/mol. The molecule has 0 bridgehead atoms. The minimum atomic E-state index is -4.11. The first-order valence-corrected chi connectivity index (χ1v) is 7.71. The van der Waals surface area contributed by atoms with E-state index < -0.39 is 34.7 Å². The van der Waals surface area contributed by atoms with E-state index >= 15 is 0 Å². The van der Waals surface area contributed by atoms with E-state index in [9.17, 15) is 13.2 Å². The zero-order valence-corrected chi connectivity index (χ0v) is 12.9. The van der Waals surface area contributed by atoms with Crippen molar-refractivity contribution in [1.82, 2.24) is 4.72 Å². The van der Waals surface area contributed by atoms with E-state index in [2.05, 4.69) is 20.7 Å². The Hall–Kier alpha value is -1.00. The maximum absolute atomic E-state index is 12.2. The Morgan fingerprint density at radius 1 is 1.35 bits per heavy atom. The standard InChI is InChI=1S/C11H14BrNO6S/c1-11(5-14,6-15)13-20(18,19)9-4-7(10(16)17)2-3-8(9)12/h2-4,13-15H,5-6H2,1H3,(H,16,17). The zero-order valence-electron chi connectivity index (χ0n) is 10.5. The SMILES string of the molecule is CC(CO)(CO)NS(=O)(=O)c1cc(C(=O)O)ccc1Br. The Morgan fingerprint density at radius 2 is 1.90 bits per heavy atom. The average Bonchev–Trinajstić information content (AvgIpc) is 2.38. The number of aromatic carboxylic acids is 1. The van der Waals surface area contributed by atoms with Crippen LogP contribution < -0.4 is 4.72 Å². The van der Waals surface area contributed by atoms with Gasteiger partial charge in [-0.3, -0.25) is 0 Å². The van der Waals surface area contributed by atoms with Gasteiger partial charge in [0.1, 0.15) is 0 Å². The minimum absolute atomic E-state index is 0.174. The van der Waals surface area contributed by atoms with E-state index in [4.69, 9.17) is 15.3 Å². The summed E-state index contributed by atoms with van der Waals surface area (Å²) in [6.07, 6.45) is 0. The van der Waals surface area contributed by atoms with Gasteiger partial charge in [-0.2, -0.15) is 0 Å². The van der Waals surface area contributed by atoms with Gasteiger partial charge in [0.25, 0.3) is 0 Å². The lowest BCUT2D eigenvalue weighted by atomic mass is 10.1. The number of rotatable bonds is 6. The second-order valence-electron chi connectivity index (χ2n) is 4.43. The molecule has 0 aromatic heterocycles. The summed E-state index contributed by atoms with van der Waals surface area (Å²) in [5.41, 5.74) is -1.64. The van der Waals surface area contributed by atoms with Crippen molar-refractivity contribution in [2.45, 2.75) is 17.4 Å². The Morgan fingerprint density at radius 3 is 2.35 bits per heavy atom. The topological polar surface area (TPSA) is 124 Å². The highest BCUT2D eigenvalue weighted by molar-refractivity contribution is 9.10. The summed E-state index contributed by atoms with van der Waals surface area (Å²) in [6.45, 7) is 0.0947. The number of carboxylic acids is 1. The van der Waals surface area contributed by atoms with Crippen LogP contribution in [0.15, 0.2) is 27.6 Å². The van der Waals surface area contributed by atoms with Gasteiger partial charge in [0.05, 0.1) is 29.2 Å². The molecule has 112 valence electrons. The predicted molar refractivity (Wildman–Crippen MR) is 74.0 cm³/mol. The molecule has 9 heteroatoms. The zero-order chi connectivity index (χ0) is 15.6. The van der Waals surface area contributed by atoms with Crippen LogP contribution in [0.5, 0.6) is 0 Å². The third-order valence-corrected chi connectivity index (χ3v) is 5.18. The van der Waals surface area contributed by atoms with Crippen molar-refractivity contribution in [3.8, 4) is 0 Å². The lowest BCUT2D eigenvalue weighted by Gasteiger charge is -2.26. The van der Waals surface area contributed by atoms with Crippen LogP contribution in [0.4, 0.5) is 0 Å². The molecule has 0 unspecified atom stereocenters. The van der Waals surface area contributed by atoms with Crippen molar-refractivity contribution in [1.29, 1.82) is 0 Å². The summed E-state index contributed by atoms with van der Waals surface area (Å²) in [7, 11) is -4.11. The maximum Gasteiger partial charge on any atom is 0.335 e. The molecule has 1 rings (SSSR count). The number of hydrogen-bond acceptors (Lipinski definition) is 5. The van der Waals surface area contributed by atoms with Crippen molar-refractivity contribution >= 4 is 31.9 Å². The number of hydrogen-bond donors (Lipinski definition) is 4. The Kier molecular flexibility index (Phi) is 5.27. The fourth-order valence-corrected chi connectivity index (χ4v) is 3.72.